The maximum atomic E-state index is 10.9. The molecule has 70 valence electrons. The molecular weight excluding hydrogens is 152 g/mol. The topological polar surface area (TPSA) is 26.3 Å². The van der Waals surface area contributed by atoms with Gasteiger partial charge in [0, 0.05) is 0 Å². The first-order chi connectivity index (χ1) is 5.68. The molecule has 0 aromatic rings. The third-order valence-corrected chi connectivity index (χ3v) is 2.39. The molecule has 1 fully saturated rings. The molecule has 0 N–H and O–H groups in total. The minimum atomic E-state index is -0.438. The minimum absolute atomic E-state index is 0.160. The lowest BCUT2D eigenvalue weighted by atomic mass is 9.86. The Morgan fingerprint density at radius 3 is 2.25 bits per heavy atom. The van der Waals surface area contributed by atoms with Gasteiger partial charge in [0.15, 0.2) is 6.29 Å². The molecule has 2 nitrogen and oxygen atoms in total. The van der Waals surface area contributed by atoms with E-state index in [1.165, 1.54) is 6.42 Å². The molecule has 1 rings (SSSR count). The zero-order valence-corrected chi connectivity index (χ0v) is 8.01. The maximum Gasteiger partial charge on any atom is 0.151 e. The lowest BCUT2D eigenvalue weighted by Crippen LogP contribution is -2.38. The molecule has 0 bridgehead atoms. The first-order valence-electron chi connectivity index (χ1n) is 4.83. The van der Waals surface area contributed by atoms with Crippen molar-refractivity contribution >= 4 is 6.29 Å². The van der Waals surface area contributed by atoms with Gasteiger partial charge in [0.1, 0.15) is 5.60 Å². The number of hydrogen-bond acceptors (Lipinski definition) is 2. The molecule has 0 aliphatic heterocycles. The Morgan fingerprint density at radius 2 is 1.83 bits per heavy atom. The van der Waals surface area contributed by atoms with Crippen LogP contribution in [0.4, 0.5) is 0 Å². The Labute approximate surface area is 74.3 Å². The first kappa shape index (κ1) is 9.72. The van der Waals surface area contributed by atoms with E-state index in [2.05, 4.69) is 0 Å². The fourth-order valence-corrected chi connectivity index (χ4v) is 1.88. The summed E-state index contributed by atoms with van der Waals surface area (Å²) in [4.78, 5) is 10.9. The third kappa shape index (κ3) is 2.31. The molecule has 0 aromatic heterocycles. The predicted octanol–water partition coefficient (Wildman–Crippen LogP) is 2.31. The highest BCUT2D eigenvalue weighted by atomic mass is 16.5. The molecule has 0 saturated heterocycles. The molecule has 2 heteroatoms. The van der Waals surface area contributed by atoms with Gasteiger partial charge < -0.3 is 9.53 Å². The summed E-state index contributed by atoms with van der Waals surface area (Å²) in [5.74, 6) is 0. The van der Waals surface area contributed by atoms with Gasteiger partial charge in [-0.15, -0.1) is 0 Å². The van der Waals surface area contributed by atoms with Gasteiger partial charge in [-0.3, -0.25) is 0 Å². The van der Waals surface area contributed by atoms with E-state index in [9.17, 15) is 4.79 Å². The smallest absolute Gasteiger partial charge is 0.151 e. The van der Waals surface area contributed by atoms with Crippen molar-refractivity contribution in [2.45, 2.75) is 57.7 Å². The molecule has 0 unspecified atom stereocenters. The molecular formula is C10H18O2. The number of hydrogen-bond donors (Lipinski definition) is 0. The number of aldehydes is 1. The quantitative estimate of drug-likeness (QED) is 0.607. The summed E-state index contributed by atoms with van der Waals surface area (Å²) in [6.07, 6.45) is 6.50. The molecule has 1 saturated carbocycles. The van der Waals surface area contributed by atoms with E-state index >= 15 is 0 Å². The summed E-state index contributed by atoms with van der Waals surface area (Å²) in [6, 6.07) is 0. The van der Waals surface area contributed by atoms with Gasteiger partial charge in [-0.05, 0) is 26.7 Å². The lowest BCUT2D eigenvalue weighted by Gasteiger charge is -2.33. The van der Waals surface area contributed by atoms with Crippen LogP contribution < -0.4 is 0 Å². The van der Waals surface area contributed by atoms with Gasteiger partial charge in [-0.2, -0.15) is 0 Å². The van der Waals surface area contributed by atoms with Crippen molar-refractivity contribution in [1.82, 2.24) is 0 Å². The monoisotopic (exact) mass is 170 g/mol. The zero-order chi connectivity index (χ0) is 9.03. The van der Waals surface area contributed by atoms with Gasteiger partial charge in [0.2, 0.25) is 0 Å². The summed E-state index contributed by atoms with van der Waals surface area (Å²) in [5, 5.41) is 0. The van der Waals surface area contributed by atoms with Crippen LogP contribution in [0.25, 0.3) is 0 Å². The molecule has 12 heavy (non-hydrogen) atoms. The van der Waals surface area contributed by atoms with E-state index in [1.807, 2.05) is 13.8 Å². The summed E-state index contributed by atoms with van der Waals surface area (Å²) in [6.45, 7) is 3.97. The van der Waals surface area contributed by atoms with Gasteiger partial charge in [0.25, 0.3) is 0 Å². The SMILES string of the molecule is CC(C)OC1(C=O)CCCCC1. The highest BCUT2D eigenvalue weighted by molar-refractivity contribution is 5.62. The predicted molar refractivity (Wildman–Crippen MR) is 48.1 cm³/mol. The average molecular weight is 170 g/mol. The molecule has 0 aromatic carbocycles. The zero-order valence-electron chi connectivity index (χ0n) is 8.01. The lowest BCUT2D eigenvalue weighted by molar-refractivity contribution is -0.143. The van der Waals surface area contributed by atoms with Crippen LogP contribution in [-0.2, 0) is 9.53 Å². The first-order valence-corrected chi connectivity index (χ1v) is 4.83. The third-order valence-electron chi connectivity index (χ3n) is 2.39. The maximum absolute atomic E-state index is 10.9. The molecule has 0 radical (unpaired) electrons. The Balaban J connectivity index is 2.53. The summed E-state index contributed by atoms with van der Waals surface area (Å²) < 4.78 is 5.66. The van der Waals surface area contributed by atoms with Gasteiger partial charge in [-0.25, -0.2) is 0 Å². The van der Waals surface area contributed by atoms with E-state index in [-0.39, 0.29) is 6.10 Å². The van der Waals surface area contributed by atoms with E-state index < -0.39 is 5.60 Å². The minimum Gasteiger partial charge on any atom is -0.365 e. The fourth-order valence-electron chi connectivity index (χ4n) is 1.88. The standard InChI is InChI=1S/C10H18O2/c1-9(2)12-10(8-11)6-4-3-5-7-10/h8-9H,3-7H2,1-2H3. The van der Waals surface area contributed by atoms with E-state index in [4.69, 9.17) is 4.74 Å². The van der Waals surface area contributed by atoms with Crippen LogP contribution in [0.15, 0.2) is 0 Å². The van der Waals surface area contributed by atoms with Gasteiger partial charge in [-0.1, -0.05) is 19.3 Å². The number of rotatable bonds is 3. The Bertz CT molecular complexity index is 146. The van der Waals surface area contributed by atoms with Gasteiger partial charge >= 0.3 is 0 Å². The highest BCUT2D eigenvalue weighted by Crippen LogP contribution is 2.30. The second-order valence-corrected chi connectivity index (χ2v) is 3.91. The number of carbonyl (C=O) groups is 1. The van der Waals surface area contributed by atoms with E-state index in [0.717, 1.165) is 32.0 Å². The fraction of sp³-hybridized carbons (Fsp3) is 0.900. The van der Waals surface area contributed by atoms with Crippen LogP contribution in [0.3, 0.4) is 0 Å². The Morgan fingerprint density at radius 1 is 1.25 bits per heavy atom. The Kier molecular flexibility index (Phi) is 3.27. The van der Waals surface area contributed by atoms with Crippen LogP contribution >= 0.6 is 0 Å². The second kappa shape index (κ2) is 4.04. The van der Waals surface area contributed by atoms with Crippen molar-refractivity contribution < 1.29 is 9.53 Å². The van der Waals surface area contributed by atoms with Crippen molar-refractivity contribution in [3.63, 3.8) is 0 Å². The second-order valence-electron chi connectivity index (χ2n) is 3.91. The summed E-state index contributed by atoms with van der Waals surface area (Å²) in [5.41, 5.74) is -0.438. The van der Waals surface area contributed by atoms with Crippen LogP contribution in [0.2, 0.25) is 0 Å². The molecule has 0 heterocycles. The molecule has 0 amide bonds. The molecule has 1 aliphatic carbocycles. The van der Waals surface area contributed by atoms with Crippen molar-refractivity contribution in [1.29, 1.82) is 0 Å². The Hall–Kier alpha value is -0.370. The van der Waals surface area contributed by atoms with Crippen molar-refractivity contribution in [2.75, 3.05) is 0 Å². The number of carbonyl (C=O) groups excluding carboxylic acids is 1. The normalized spacial score (nSPS) is 22.6. The van der Waals surface area contributed by atoms with Gasteiger partial charge in [0.05, 0.1) is 6.10 Å². The van der Waals surface area contributed by atoms with Crippen molar-refractivity contribution in [2.24, 2.45) is 0 Å². The highest BCUT2D eigenvalue weighted by Gasteiger charge is 2.33. The van der Waals surface area contributed by atoms with Crippen LogP contribution in [0.5, 0.6) is 0 Å². The van der Waals surface area contributed by atoms with Crippen LogP contribution in [-0.4, -0.2) is 18.0 Å². The molecule has 1 aliphatic rings. The van der Waals surface area contributed by atoms with Crippen LogP contribution in [0, 0.1) is 0 Å². The molecule has 0 spiro atoms. The largest absolute Gasteiger partial charge is 0.365 e. The van der Waals surface area contributed by atoms with E-state index in [1.54, 1.807) is 0 Å². The summed E-state index contributed by atoms with van der Waals surface area (Å²) in [7, 11) is 0. The summed E-state index contributed by atoms with van der Waals surface area (Å²) >= 11 is 0. The van der Waals surface area contributed by atoms with Crippen molar-refractivity contribution in [3.05, 3.63) is 0 Å². The van der Waals surface area contributed by atoms with Crippen molar-refractivity contribution in [3.8, 4) is 0 Å². The average Bonchev–Trinajstić information content (AvgIpc) is 2.05. The van der Waals surface area contributed by atoms with E-state index in [0.29, 0.717) is 0 Å². The molecule has 0 atom stereocenters. The van der Waals surface area contributed by atoms with Crippen LogP contribution in [0.1, 0.15) is 46.0 Å². The number of ether oxygens (including phenoxy) is 1.